The Bertz CT molecular complexity index is 130. The molecular weight excluding hydrogens is 142 g/mol. The minimum atomic E-state index is 0.424. The zero-order valence-electron chi connectivity index (χ0n) is 6.82. The third-order valence-electron chi connectivity index (χ3n) is 1.90. The molecular formula is C8H15NO2. The van der Waals surface area contributed by atoms with Crippen molar-refractivity contribution in [2.75, 3.05) is 13.7 Å². The Morgan fingerprint density at radius 3 is 2.82 bits per heavy atom. The van der Waals surface area contributed by atoms with Crippen LogP contribution in [0.3, 0.4) is 0 Å². The summed E-state index contributed by atoms with van der Waals surface area (Å²) in [6.07, 6.45) is 6.34. The first-order valence-electron chi connectivity index (χ1n) is 3.90. The van der Waals surface area contributed by atoms with Gasteiger partial charge in [-0.15, -0.1) is 0 Å². The third-order valence-corrected chi connectivity index (χ3v) is 1.90. The fourth-order valence-corrected chi connectivity index (χ4v) is 1.22. The van der Waals surface area contributed by atoms with Crippen LogP contribution in [0.4, 0.5) is 0 Å². The van der Waals surface area contributed by atoms with Crippen LogP contribution in [0.5, 0.6) is 0 Å². The van der Waals surface area contributed by atoms with Gasteiger partial charge in [0.05, 0.1) is 7.11 Å². The number of allylic oxidation sites excluding steroid dienone is 1. The lowest BCUT2D eigenvalue weighted by molar-refractivity contribution is -0.263. The largest absolute Gasteiger partial charge is 0.328 e. The Kier molecular flexibility index (Phi) is 3.56. The van der Waals surface area contributed by atoms with Crippen molar-refractivity contribution < 1.29 is 9.78 Å². The molecule has 0 aromatic rings. The second kappa shape index (κ2) is 4.49. The van der Waals surface area contributed by atoms with E-state index in [1.165, 1.54) is 7.11 Å². The van der Waals surface area contributed by atoms with Crippen LogP contribution in [0.1, 0.15) is 12.8 Å². The van der Waals surface area contributed by atoms with Crippen molar-refractivity contribution in [3.05, 3.63) is 12.2 Å². The van der Waals surface area contributed by atoms with Gasteiger partial charge in [0.1, 0.15) is 6.61 Å². The maximum Gasteiger partial charge on any atom is 0.100 e. The summed E-state index contributed by atoms with van der Waals surface area (Å²) < 4.78 is 0. The van der Waals surface area contributed by atoms with E-state index in [4.69, 9.17) is 5.73 Å². The van der Waals surface area contributed by atoms with Crippen LogP contribution in [0, 0.1) is 5.92 Å². The summed E-state index contributed by atoms with van der Waals surface area (Å²) in [6.45, 7) is 0.530. The van der Waals surface area contributed by atoms with Crippen LogP contribution in [0.15, 0.2) is 12.2 Å². The molecule has 11 heavy (non-hydrogen) atoms. The molecule has 3 nitrogen and oxygen atoms in total. The monoisotopic (exact) mass is 157 g/mol. The Morgan fingerprint density at radius 1 is 1.55 bits per heavy atom. The van der Waals surface area contributed by atoms with E-state index in [9.17, 15) is 0 Å². The number of hydrogen-bond acceptors (Lipinski definition) is 3. The molecule has 1 fully saturated rings. The van der Waals surface area contributed by atoms with Crippen molar-refractivity contribution in [2.24, 2.45) is 11.7 Å². The van der Waals surface area contributed by atoms with Gasteiger partial charge in [-0.25, -0.2) is 9.78 Å². The second-order valence-corrected chi connectivity index (χ2v) is 2.87. The smallest absolute Gasteiger partial charge is 0.100 e. The molecule has 1 aliphatic carbocycles. The minimum Gasteiger partial charge on any atom is -0.328 e. The number of nitrogens with two attached hydrogens (primary N) is 1. The Balaban J connectivity index is 1.97. The standard InChI is InChI=1S/C8H15NO2/c1-10-11-4-2-3-7-5-8(9)6-7/h2-3,7-8H,4-6,9H2,1H3/b3-2+. The molecule has 0 bridgehead atoms. The first kappa shape index (κ1) is 8.71. The Hall–Kier alpha value is -0.380. The van der Waals surface area contributed by atoms with Crippen molar-refractivity contribution in [2.45, 2.75) is 18.9 Å². The van der Waals surface area contributed by atoms with Gasteiger partial charge < -0.3 is 5.73 Å². The molecule has 0 aliphatic heterocycles. The van der Waals surface area contributed by atoms with E-state index in [0.717, 1.165) is 12.8 Å². The lowest BCUT2D eigenvalue weighted by atomic mass is 9.81. The normalized spacial score (nSPS) is 30.7. The fraction of sp³-hybridized carbons (Fsp3) is 0.750. The van der Waals surface area contributed by atoms with Crippen LogP contribution in [-0.2, 0) is 9.78 Å². The van der Waals surface area contributed by atoms with Gasteiger partial charge in [0, 0.05) is 6.04 Å². The molecule has 0 aromatic heterocycles. The van der Waals surface area contributed by atoms with Gasteiger partial charge in [-0.05, 0) is 18.8 Å². The van der Waals surface area contributed by atoms with E-state index < -0.39 is 0 Å². The maximum atomic E-state index is 5.61. The third kappa shape index (κ3) is 3.01. The average Bonchev–Trinajstić information content (AvgIpc) is 1.94. The molecule has 0 aromatic carbocycles. The van der Waals surface area contributed by atoms with E-state index in [2.05, 4.69) is 15.9 Å². The van der Waals surface area contributed by atoms with Gasteiger partial charge in [0.15, 0.2) is 0 Å². The molecule has 0 spiro atoms. The van der Waals surface area contributed by atoms with Crippen LogP contribution in [0.2, 0.25) is 0 Å². The first-order valence-corrected chi connectivity index (χ1v) is 3.90. The molecule has 1 rings (SSSR count). The zero-order valence-corrected chi connectivity index (χ0v) is 6.82. The van der Waals surface area contributed by atoms with Gasteiger partial charge in [-0.1, -0.05) is 12.2 Å². The van der Waals surface area contributed by atoms with Crippen LogP contribution < -0.4 is 5.73 Å². The van der Waals surface area contributed by atoms with Gasteiger partial charge in [-0.3, -0.25) is 0 Å². The summed E-state index contributed by atoms with van der Waals surface area (Å²) >= 11 is 0. The summed E-state index contributed by atoms with van der Waals surface area (Å²) in [5, 5.41) is 0. The van der Waals surface area contributed by atoms with Crippen molar-refractivity contribution in [3.8, 4) is 0 Å². The van der Waals surface area contributed by atoms with Gasteiger partial charge in [0.2, 0.25) is 0 Å². The highest BCUT2D eigenvalue weighted by molar-refractivity contribution is 4.97. The Labute approximate surface area is 67.1 Å². The molecule has 1 saturated carbocycles. The molecule has 1 aliphatic rings. The second-order valence-electron chi connectivity index (χ2n) is 2.87. The highest BCUT2D eigenvalue weighted by Gasteiger charge is 2.22. The average molecular weight is 157 g/mol. The number of hydrogen-bond donors (Lipinski definition) is 1. The summed E-state index contributed by atoms with van der Waals surface area (Å²) in [4.78, 5) is 9.08. The Morgan fingerprint density at radius 2 is 2.27 bits per heavy atom. The molecule has 0 unspecified atom stereocenters. The van der Waals surface area contributed by atoms with Gasteiger partial charge in [0.25, 0.3) is 0 Å². The summed E-state index contributed by atoms with van der Waals surface area (Å²) in [6, 6.07) is 0.424. The van der Waals surface area contributed by atoms with Gasteiger partial charge in [-0.2, -0.15) is 0 Å². The fourth-order valence-electron chi connectivity index (χ4n) is 1.22. The van der Waals surface area contributed by atoms with Crippen LogP contribution in [-0.4, -0.2) is 19.8 Å². The van der Waals surface area contributed by atoms with Crippen LogP contribution >= 0.6 is 0 Å². The highest BCUT2D eigenvalue weighted by atomic mass is 17.2. The highest BCUT2D eigenvalue weighted by Crippen LogP contribution is 2.26. The molecule has 64 valence electrons. The molecule has 3 heteroatoms. The molecule has 0 amide bonds. The molecule has 0 heterocycles. The zero-order chi connectivity index (χ0) is 8.10. The van der Waals surface area contributed by atoms with Gasteiger partial charge >= 0.3 is 0 Å². The quantitative estimate of drug-likeness (QED) is 0.285. The lowest BCUT2D eigenvalue weighted by Gasteiger charge is -2.29. The molecule has 0 saturated heterocycles. The molecule has 0 radical (unpaired) electrons. The summed E-state index contributed by atoms with van der Waals surface area (Å²) in [5.41, 5.74) is 5.61. The predicted octanol–water partition coefficient (Wildman–Crippen LogP) is 0.858. The first-order chi connectivity index (χ1) is 5.33. The summed E-state index contributed by atoms with van der Waals surface area (Å²) in [5.74, 6) is 0.672. The number of rotatable bonds is 4. The van der Waals surface area contributed by atoms with Crippen molar-refractivity contribution in [1.82, 2.24) is 0 Å². The SMILES string of the molecule is COOC/C=C/C1CC(N)C1. The predicted molar refractivity (Wildman–Crippen MR) is 42.8 cm³/mol. The summed E-state index contributed by atoms with van der Waals surface area (Å²) in [7, 11) is 1.51. The molecule has 2 N–H and O–H groups in total. The molecule has 0 atom stereocenters. The van der Waals surface area contributed by atoms with Crippen LogP contribution in [0.25, 0.3) is 0 Å². The van der Waals surface area contributed by atoms with E-state index in [0.29, 0.717) is 18.6 Å². The maximum absolute atomic E-state index is 5.61. The lowest BCUT2D eigenvalue weighted by Crippen LogP contribution is -2.35. The van der Waals surface area contributed by atoms with E-state index in [1.54, 1.807) is 0 Å². The minimum absolute atomic E-state index is 0.424. The van der Waals surface area contributed by atoms with E-state index >= 15 is 0 Å². The van der Waals surface area contributed by atoms with E-state index in [-0.39, 0.29) is 0 Å². The van der Waals surface area contributed by atoms with Crippen molar-refractivity contribution in [3.63, 3.8) is 0 Å². The topological polar surface area (TPSA) is 44.5 Å². The van der Waals surface area contributed by atoms with E-state index in [1.807, 2.05) is 6.08 Å². The van der Waals surface area contributed by atoms with Crippen molar-refractivity contribution >= 4 is 0 Å². The van der Waals surface area contributed by atoms with Crippen molar-refractivity contribution in [1.29, 1.82) is 0 Å².